The van der Waals surface area contributed by atoms with Crippen molar-refractivity contribution in [2.24, 2.45) is 0 Å². The van der Waals surface area contributed by atoms with E-state index in [-0.39, 0.29) is 0 Å². The molecular weight excluding hydrogens is 392 g/mol. The molecule has 1 aliphatic heterocycles. The Morgan fingerprint density at radius 3 is 2.13 bits per heavy atom. The van der Waals surface area contributed by atoms with Crippen LogP contribution in [0.4, 0.5) is 0 Å². The lowest BCUT2D eigenvalue weighted by Gasteiger charge is -2.19. The van der Waals surface area contributed by atoms with Gasteiger partial charge in [0.25, 0.3) is 0 Å². The predicted molar refractivity (Wildman–Crippen MR) is 110 cm³/mol. The summed E-state index contributed by atoms with van der Waals surface area (Å²) in [5.41, 5.74) is 3.60. The molecule has 9 nitrogen and oxygen atoms in total. The van der Waals surface area contributed by atoms with E-state index < -0.39 is 5.09 Å². The van der Waals surface area contributed by atoms with Gasteiger partial charge in [0.2, 0.25) is 5.69 Å². The smallest absolute Gasteiger partial charge is 0.213 e. The molecule has 2 aromatic carbocycles. The van der Waals surface area contributed by atoms with Gasteiger partial charge in [0.1, 0.15) is 0 Å². The van der Waals surface area contributed by atoms with Crippen molar-refractivity contribution in [2.45, 2.75) is 13.0 Å². The second-order valence-corrected chi connectivity index (χ2v) is 6.49. The molecular formula is C21H22N2O7. The van der Waals surface area contributed by atoms with Crippen LogP contribution in [0.15, 0.2) is 36.5 Å². The summed E-state index contributed by atoms with van der Waals surface area (Å²) >= 11 is 0. The summed E-state index contributed by atoms with van der Waals surface area (Å²) in [7, 11) is 6.67. The van der Waals surface area contributed by atoms with Gasteiger partial charge in [-0.2, -0.15) is 4.57 Å². The van der Waals surface area contributed by atoms with E-state index in [1.165, 1.54) is 11.1 Å². The summed E-state index contributed by atoms with van der Waals surface area (Å²) in [6.45, 7) is 0.897. The lowest BCUT2D eigenvalue weighted by molar-refractivity contribution is -0.686. The lowest BCUT2D eigenvalue weighted by atomic mass is 9.95. The third kappa shape index (κ3) is 3.86. The second-order valence-electron chi connectivity index (χ2n) is 6.49. The van der Waals surface area contributed by atoms with Gasteiger partial charge in [0.15, 0.2) is 35.7 Å². The Hall–Kier alpha value is -3.75. The Bertz CT molecular complexity index is 1090. The zero-order valence-electron chi connectivity index (χ0n) is 17.1. The molecule has 0 fully saturated rings. The van der Waals surface area contributed by atoms with Crippen molar-refractivity contribution in [2.75, 3.05) is 28.4 Å². The largest absolute Gasteiger partial charge is 0.493 e. The first-order chi connectivity index (χ1) is 14.4. The van der Waals surface area contributed by atoms with Crippen LogP contribution in [-0.4, -0.2) is 33.5 Å². The number of nitrogens with zero attached hydrogens (tertiary/aromatic N) is 2. The van der Waals surface area contributed by atoms with Crippen LogP contribution in [0.2, 0.25) is 0 Å². The van der Waals surface area contributed by atoms with E-state index in [1.807, 2.05) is 6.07 Å². The summed E-state index contributed by atoms with van der Waals surface area (Å²) in [5, 5.41) is 16.9. The van der Waals surface area contributed by atoms with Crippen LogP contribution in [0.5, 0.6) is 23.0 Å². The van der Waals surface area contributed by atoms with Gasteiger partial charge in [-0.25, -0.2) is 0 Å². The van der Waals surface area contributed by atoms with Gasteiger partial charge in [-0.15, -0.1) is 0 Å². The van der Waals surface area contributed by atoms with Gasteiger partial charge in [0.05, 0.1) is 44.5 Å². The molecule has 0 atom stereocenters. The average molecular weight is 414 g/mol. The van der Waals surface area contributed by atoms with Crippen molar-refractivity contribution in [1.82, 2.24) is 0 Å². The Labute approximate surface area is 173 Å². The molecule has 0 saturated heterocycles. The number of methoxy groups -OCH3 is 4. The third-order valence-corrected chi connectivity index (χ3v) is 5.01. The van der Waals surface area contributed by atoms with Crippen LogP contribution in [0.1, 0.15) is 5.56 Å². The SMILES string of the molecule is COc1cc2c(cc1OC)-c1cc3ccc(OC)c(OC)c3c[n+]1CC2.O=[N+]([O-])[O-]. The fourth-order valence-electron chi connectivity index (χ4n) is 3.71. The number of hydrogen-bond donors (Lipinski definition) is 0. The number of aromatic nitrogens is 1. The molecule has 0 radical (unpaired) electrons. The first kappa shape index (κ1) is 21.0. The van der Waals surface area contributed by atoms with Crippen molar-refractivity contribution in [3.8, 4) is 34.3 Å². The fourth-order valence-corrected chi connectivity index (χ4v) is 3.71. The third-order valence-electron chi connectivity index (χ3n) is 5.01. The molecule has 3 aromatic rings. The van der Waals surface area contributed by atoms with E-state index in [0.29, 0.717) is 0 Å². The van der Waals surface area contributed by atoms with Crippen LogP contribution in [-0.2, 0) is 13.0 Å². The minimum atomic E-state index is -1.75. The second kappa shape index (κ2) is 8.73. The molecule has 4 rings (SSSR count). The Kier molecular flexibility index (Phi) is 6.10. The van der Waals surface area contributed by atoms with Crippen LogP contribution >= 0.6 is 0 Å². The number of ether oxygens (including phenoxy) is 4. The highest BCUT2D eigenvalue weighted by Crippen LogP contribution is 2.39. The minimum Gasteiger partial charge on any atom is -0.493 e. The van der Waals surface area contributed by atoms with E-state index in [0.717, 1.165) is 52.4 Å². The van der Waals surface area contributed by atoms with Gasteiger partial charge in [0, 0.05) is 12.5 Å². The highest BCUT2D eigenvalue weighted by atomic mass is 16.9. The van der Waals surface area contributed by atoms with Gasteiger partial charge in [-0.1, -0.05) is 0 Å². The molecule has 0 spiro atoms. The van der Waals surface area contributed by atoms with E-state index in [2.05, 4.69) is 35.0 Å². The molecule has 0 N–H and O–H groups in total. The van der Waals surface area contributed by atoms with E-state index in [9.17, 15) is 0 Å². The summed E-state index contributed by atoms with van der Waals surface area (Å²) in [6, 6.07) is 10.3. The summed E-state index contributed by atoms with van der Waals surface area (Å²) < 4.78 is 24.3. The van der Waals surface area contributed by atoms with Crippen LogP contribution in [0.25, 0.3) is 22.0 Å². The first-order valence-corrected chi connectivity index (χ1v) is 9.08. The van der Waals surface area contributed by atoms with Crippen molar-refractivity contribution < 1.29 is 28.6 Å². The lowest BCUT2D eigenvalue weighted by Crippen LogP contribution is -2.40. The highest BCUT2D eigenvalue weighted by molar-refractivity contribution is 5.91. The molecule has 1 aliphatic rings. The zero-order chi connectivity index (χ0) is 21.8. The molecule has 30 heavy (non-hydrogen) atoms. The maximum absolute atomic E-state index is 8.25. The highest BCUT2D eigenvalue weighted by Gasteiger charge is 2.27. The van der Waals surface area contributed by atoms with Gasteiger partial charge in [-0.05, 0) is 35.2 Å². The van der Waals surface area contributed by atoms with E-state index in [1.54, 1.807) is 28.4 Å². The summed E-state index contributed by atoms with van der Waals surface area (Å²) in [4.78, 5) is 8.25. The van der Waals surface area contributed by atoms with Crippen molar-refractivity contribution >= 4 is 10.8 Å². The molecule has 9 heteroatoms. The number of hydrogen-bond acceptors (Lipinski definition) is 7. The number of rotatable bonds is 4. The Morgan fingerprint density at radius 1 is 0.900 bits per heavy atom. The summed E-state index contributed by atoms with van der Waals surface area (Å²) in [5.74, 6) is 3.01. The zero-order valence-corrected chi connectivity index (χ0v) is 17.1. The quantitative estimate of drug-likeness (QED) is 0.367. The van der Waals surface area contributed by atoms with Crippen molar-refractivity contribution in [1.29, 1.82) is 0 Å². The number of benzene rings is 2. The number of pyridine rings is 1. The maximum atomic E-state index is 8.25. The first-order valence-electron chi connectivity index (χ1n) is 9.08. The number of fused-ring (bicyclic) bond motifs is 4. The monoisotopic (exact) mass is 414 g/mol. The molecule has 0 aliphatic carbocycles. The van der Waals surface area contributed by atoms with Gasteiger partial charge >= 0.3 is 0 Å². The van der Waals surface area contributed by atoms with E-state index in [4.69, 9.17) is 34.3 Å². The maximum Gasteiger partial charge on any atom is 0.213 e. The van der Waals surface area contributed by atoms with E-state index >= 15 is 0 Å². The summed E-state index contributed by atoms with van der Waals surface area (Å²) in [6.07, 6.45) is 3.08. The molecule has 2 heterocycles. The van der Waals surface area contributed by atoms with Gasteiger partial charge in [-0.3, -0.25) is 0 Å². The average Bonchev–Trinajstić information content (AvgIpc) is 2.75. The predicted octanol–water partition coefficient (Wildman–Crippen LogP) is 3.15. The standard InChI is InChI=1S/C21H22NO4.NO3/c1-23-18-6-5-13-9-17-15-11-20(25-3)19(24-2)10-14(15)7-8-22(17)12-16(13)21(18)26-4;2-1(3)4/h5-6,9-12H,7-8H2,1-4H3;/q+1;-1. The van der Waals surface area contributed by atoms with Gasteiger partial charge < -0.3 is 34.3 Å². The molecule has 0 bridgehead atoms. The number of aryl methyl sites for hydroxylation is 2. The molecule has 1 aromatic heterocycles. The van der Waals surface area contributed by atoms with Crippen molar-refractivity contribution in [3.63, 3.8) is 0 Å². The van der Waals surface area contributed by atoms with Crippen LogP contribution in [0, 0.1) is 15.3 Å². The topological polar surface area (TPSA) is 107 Å². The molecule has 0 amide bonds. The van der Waals surface area contributed by atoms with Crippen molar-refractivity contribution in [3.05, 3.63) is 57.4 Å². The minimum absolute atomic E-state index is 0.739. The molecule has 0 unspecified atom stereocenters. The molecule has 158 valence electrons. The molecule has 0 saturated carbocycles. The van der Waals surface area contributed by atoms with Crippen LogP contribution in [0.3, 0.4) is 0 Å². The van der Waals surface area contributed by atoms with Crippen LogP contribution < -0.4 is 23.5 Å². The Balaban J connectivity index is 0.000000589. The fraction of sp³-hybridized carbons (Fsp3) is 0.286. The normalized spacial score (nSPS) is 11.5. The Morgan fingerprint density at radius 2 is 1.53 bits per heavy atom.